The van der Waals surface area contributed by atoms with Crippen molar-refractivity contribution in [2.45, 2.75) is 51.2 Å². The topological polar surface area (TPSA) is 53.6 Å². The highest BCUT2D eigenvalue weighted by atomic mass is 32.2. The molecule has 2 unspecified atom stereocenters. The van der Waals surface area contributed by atoms with Gasteiger partial charge in [-0.3, -0.25) is 4.90 Å². The maximum atomic E-state index is 11.8. The van der Waals surface area contributed by atoms with Crippen molar-refractivity contribution in [1.29, 1.82) is 0 Å². The molecule has 1 fully saturated rings. The van der Waals surface area contributed by atoms with E-state index in [1.54, 1.807) is 11.8 Å². The molecule has 2 rings (SSSR count). The highest BCUT2D eigenvalue weighted by Gasteiger charge is 2.21. The Morgan fingerprint density at radius 1 is 1.15 bits per heavy atom. The zero-order valence-corrected chi connectivity index (χ0v) is 17.3. The molecule has 1 aliphatic heterocycles. The molecular formula is C20H33N3O2S. The predicted octanol–water partition coefficient (Wildman–Crippen LogP) is 3.19. The van der Waals surface area contributed by atoms with Gasteiger partial charge in [0.2, 0.25) is 0 Å². The number of hydrogen-bond donors (Lipinski definition) is 2. The summed E-state index contributed by atoms with van der Waals surface area (Å²) in [6, 6.07) is 6.41. The molecule has 0 radical (unpaired) electrons. The highest BCUT2D eigenvalue weighted by molar-refractivity contribution is 7.99. The Labute approximate surface area is 162 Å². The van der Waals surface area contributed by atoms with Gasteiger partial charge in [0.05, 0.1) is 12.2 Å². The number of morpholine rings is 1. The van der Waals surface area contributed by atoms with E-state index in [1.165, 1.54) is 16.0 Å². The quantitative estimate of drug-likeness (QED) is 0.538. The molecule has 0 saturated carbocycles. The van der Waals surface area contributed by atoms with Crippen LogP contribution in [0.15, 0.2) is 23.1 Å². The lowest BCUT2D eigenvalue weighted by atomic mass is 10.1. The minimum atomic E-state index is -0.0746. The molecular weight excluding hydrogens is 346 g/mol. The Bertz CT molecular complexity index is 572. The smallest absolute Gasteiger partial charge is 0.314 e. The number of aryl methyl sites for hydroxylation is 2. The van der Waals surface area contributed by atoms with Crippen molar-refractivity contribution in [3.8, 4) is 0 Å². The second-order valence-corrected chi connectivity index (χ2v) is 8.32. The second kappa shape index (κ2) is 10.8. The second-order valence-electron chi connectivity index (χ2n) is 7.15. The Kier molecular flexibility index (Phi) is 8.75. The van der Waals surface area contributed by atoms with Gasteiger partial charge in [-0.15, -0.1) is 11.8 Å². The van der Waals surface area contributed by atoms with Crippen LogP contribution in [0.2, 0.25) is 0 Å². The van der Waals surface area contributed by atoms with Crippen LogP contribution in [0.5, 0.6) is 0 Å². The average Bonchev–Trinajstić information content (AvgIpc) is 2.58. The summed E-state index contributed by atoms with van der Waals surface area (Å²) in [6.45, 7) is 12.8. The van der Waals surface area contributed by atoms with Gasteiger partial charge in [-0.05, 0) is 57.4 Å². The van der Waals surface area contributed by atoms with E-state index in [1.807, 2.05) is 0 Å². The molecule has 146 valence electrons. The lowest BCUT2D eigenvalue weighted by molar-refractivity contribution is -0.0679. The minimum absolute atomic E-state index is 0.0746. The first-order valence-corrected chi connectivity index (χ1v) is 10.5. The fourth-order valence-electron chi connectivity index (χ4n) is 3.17. The lowest BCUT2D eigenvalue weighted by Crippen LogP contribution is -2.46. The van der Waals surface area contributed by atoms with E-state index in [0.717, 1.165) is 31.8 Å². The Morgan fingerprint density at radius 2 is 1.85 bits per heavy atom. The number of carbonyl (C=O) groups excluding carboxylic acids is 1. The number of amides is 2. The van der Waals surface area contributed by atoms with Crippen LogP contribution in [0.1, 0.15) is 31.4 Å². The number of benzene rings is 1. The van der Waals surface area contributed by atoms with Crippen molar-refractivity contribution >= 4 is 17.8 Å². The molecule has 2 atom stereocenters. The number of hydrogen-bond acceptors (Lipinski definition) is 4. The van der Waals surface area contributed by atoms with Gasteiger partial charge in [0, 0.05) is 43.4 Å². The maximum absolute atomic E-state index is 11.8. The van der Waals surface area contributed by atoms with E-state index in [0.29, 0.717) is 25.3 Å². The average molecular weight is 380 g/mol. The first kappa shape index (κ1) is 21.1. The van der Waals surface area contributed by atoms with Gasteiger partial charge < -0.3 is 15.4 Å². The SMILES string of the molecule is Cc1ccc(SCCNC(=O)NCCCN2CC(C)OC(C)C2)cc1C. The van der Waals surface area contributed by atoms with Crippen molar-refractivity contribution in [3.05, 3.63) is 29.3 Å². The number of thioether (sulfide) groups is 1. The monoisotopic (exact) mass is 379 g/mol. The van der Waals surface area contributed by atoms with Crippen LogP contribution in [0.25, 0.3) is 0 Å². The Morgan fingerprint density at radius 3 is 2.54 bits per heavy atom. The number of ether oxygens (including phenoxy) is 1. The standard InChI is InChI=1S/C20H33N3O2S/c1-15-6-7-19(12-16(15)2)26-11-9-22-20(24)21-8-5-10-23-13-17(3)25-18(4)14-23/h6-7,12,17-18H,5,8-11,13-14H2,1-4H3,(H2,21,22,24). The Balaban J connectivity index is 1.51. The number of urea groups is 1. The molecule has 0 aliphatic carbocycles. The van der Waals surface area contributed by atoms with Crippen molar-refractivity contribution < 1.29 is 9.53 Å². The lowest BCUT2D eigenvalue weighted by Gasteiger charge is -2.35. The van der Waals surface area contributed by atoms with Crippen molar-refractivity contribution in [3.63, 3.8) is 0 Å². The van der Waals surface area contributed by atoms with Crippen LogP contribution in [0.3, 0.4) is 0 Å². The molecule has 6 heteroatoms. The number of rotatable bonds is 8. The van der Waals surface area contributed by atoms with E-state index < -0.39 is 0 Å². The molecule has 1 saturated heterocycles. The van der Waals surface area contributed by atoms with Crippen molar-refractivity contribution in [2.75, 3.05) is 38.5 Å². The minimum Gasteiger partial charge on any atom is -0.373 e. The van der Waals surface area contributed by atoms with Gasteiger partial charge in [0.1, 0.15) is 0 Å². The zero-order chi connectivity index (χ0) is 18.9. The van der Waals surface area contributed by atoms with Gasteiger partial charge in [-0.2, -0.15) is 0 Å². The number of nitrogens with zero attached hydrogens (tertiary/aromatic N) is 1. The predicted molar refractivity (Wildman–Crippen MR) is 109 cm³/mol. The summed E-state index contributed by atoms with van der Waals surface area (Å²) < 4.78 is 5.74. The summed E-state index contributed by atoms with van der Waals surface area (Å²) in [4.78, 5) is 15.5. The maximum Gasteiger partial charge on any atom is 0.314 e. The summed E-state index contributed by atoms with van der Waals surface area (Å²) in [5.74, 6) is 0.874. The molecule has 2 amide bonds. The van der Waals surface area contributed by atoms with E-state index >= 15 is 0 Å². The van der Waals surface area contributed by atoms with Crippen LogP contribution in [-0.2, 0) is 4.74 Å². The summed E-state index contributed by atoms with van der Waals surface area (Å²) in [6.07, 6.45) is 1.55. The third kappa shape index (κ3) is 7.56. The molecule has 0 bridgehead atoms. The van der Waals surface area contributed by atoms with Crippen molar-refractivity contribution in [1.82, 2.24) is 15.5 Å². The van der Waals surface area contributed by atoms with Gasteiger partial charge in [0.25, 0.3) is 0 Å². The normalized spacial score (nSPS) is 20.8. The number of carbonyl (C=O) groups is 1. The molecule has 0 spiro atoms. The number of nitrogens with one attached hydrogen (secondary N) is 2. The first-order valence-electron chi connectivity index (χ1n) is 9.53. The van der Waals surface area contributed by atoms with Crippen LogP contribution in [-0.4, -0.2) is 61.6 Å². The molecule has 1 heterocycles. The van der Waals surface area contributed by atoms with E-state index in [9.17, 15) is 4.79 Å². The van der Waals surface area contributed by atoms with E-state index in [2.05, 4.69) is 61.4 Å². The van der Waals surface area contributed by atoms with E-state index in [-0.39, 0.29) is 6.03 Å². The van der Waals surface area contributed by atoms with Crippen molar-refractivity contribution in [2.24, 2.45) is 0 Å². The summed E-state index contributed by atoms with van der Waals surface area (Å²) in [5.41, 5.74) is 2.62. The van der Waals surface area contributed by atoms with Gasteiger partial charge in [0.15, 0.2) is 0 Å². The van der Waals surface area contributed by atoms with E-state index in [4.69, 9.17) is 4.74 Å². The third-order valence-electron chi connectivity index (χ3n) is 4.57. The first-order chi connectivity index (χ1) is 12.4. The molecule has 1 aromatic rings. The largest absolute Gasteiger partial charge is 0.373 e. The highest BCUT2D eigenvalue weighted by Crippen LogP contribution is 2.20. The molecule has 5 nitrogen and oxygen atoms in total. The zero-order valence-electron chi connectivity index (χ0n) is 16.5. The fraction of sp³-hybridized carbons (Fsp3) is 0.650. The summed E-state index contributed by atoms with van der Waals surface area (Å²) >= 11 is 1.77. The van der Waals surface area contributed by atoms with Gasteiger partial charge in [-0.1, -0.05) is 6.07 Å². The Hall–Kier alpha value is -1.24. The van der Waals surface area contributed by atoms with Gasteiger partial charge >= 0.3 is 6.03 Å². The van der Waals surface area contributed by atoms with Crippen LogP contribution in [0.4, 0.5) is 4.79 Å². The van der Waals surface area contributed by atoms with Crippen LogP contribution < -0.4 is 10.6 Å². The summed E-state index contributed by atoms with van der Waals surface area (Å²) in [7, 11) is 0. The van der Waals surface area contributed by atoms with Crippen LogP contribution in [0, 0.1) is 13.8 Å². The summed E-state index contributed by atoms with van der Waals surface area (Å²) in [5, 5.41) is 5.87. The van der Waals surface area contributed by atoms with Gasteiger partial charge in [-0.25, -0.2) is 4.79 Å². The molecule has 2 N–H and O–H groups in total. The molecule has 1 aromatic carbocycles. The molecule has 1 aliphatic rings. The molecule has 0 aromatic heterocycles. The third-order valence-corrected chi connectivity index (χ3v) is 5.56. The molecule has 26 heavy (non-hydrogen) atoms. The van der Waals surface area contributed by atoms with Crippen LogP contribution >= 0.6 is 11.8 Å². The fourth-order valence-corrected chi connectivity index (χ4v) is 4.04.